The third-order valence-corrected chi connectivity index (χ3v) is 7.13. The van der Waals surface area contributed by atoms with Crippen LogP contribution in [0.3, 0.4) is 0 Å². The predicted octanol–water partition coefficient (Wildman–Crippen LogP) is 3.87. The zero-order chi connectivity index (χ0) is 20.8. The molecular formula is C24H28N2O4. The minimum Gasteiger partial charge on any atom is -0.459 e. The monoisotopic (exact) mass is 408 g/mol. The van der Waals surface area contributed by atoms with E-state index in [1.807, 2.05) is 24.3 Å². The van der Waals surface area contributed by atoms with Crippen LogP contribution in [0.5, 0.6) is 0 Å². The number of furan rings is 1. The summed E-state index contributed by atoms with van der Waals surface area (Å²) in [6.45, 7) is 0.457. The first kappa shape index (κ1) is 19.4. The van der Waals surface area contributed by atoms with E-state index in [1.165, 1.54) is 12.7 Å². The molecule has 1 heterocycles. The van der Waals surface area contributed by atoms with Crippen LogP contribution in [0.15, 0.2) is 47.1 Å². The summed E-state index contributed by atoms with van der Waals surface area (Å²) in [5, 5.41) is 16.7. The summed E-state index contributed by atoms with van der Waals surface area (Å²) in [5.74, 6) is 1.22. The number of anilines is 1. The van der Waals surface area contributed by atoms with Gasteiger partial charge in [0.2, 0.25) is 5.91 Å². The number of carbonyl (C=O) groups is 2. The third-order valence-electron chi connectivity index (χ3n) is 7.13. The van der Waals surface area contributed by atoms with Gasteiger partial charge < -0.3 is 20.2 Å². The quantitative estimate of drug-likeness (QED) is 0.677. The van der Waals surface area contributed by atoms with Crippen LogP contribution in [0.1, 0.15) is 61.1 Å². The van der Waals surface area contributed by atoms with E-state index in [-0.39, 0.29) is 23.0 Å². The summed E-state index contributed by atoms with van der Waals surface area (Å²) in [4.78, 5) is 24.7. The first-order valence-electron chi connectivity index (χ1n) is 10.8. The Hall–Kier alpha value is -2.60. The highest BCUT2D eigenvalue weighted by Crippen LogP contribution is 2.62. The van der Waals surface area contributed by atoms with Crippen LogP contribution in [0.2, 0.25) is 0 Å². The van der Waals surface area contributed by atoms with E-state index in [1.54, 1.807) is 12.1 Å². The number of hydrogen-bond donors (Lipinski definition) is 3. The van der Waals surface area contributed by atoms with Crippen molar-refractivity contribution in [3.05, 3.63) is 54.0 Å². The molecule has 4 saturated carbocycles. The molecule has 0 spiro atoms. The molecule has 2 atom stereocenters. The fourth-order valence-electron chi connectivity index (χ4n) is 6.52. The highest BCUT2D eigenvalue weighted by molar-refractivity contribution is 6.02. The number of carbonyl (C=O) groups excluding carboxylic acids is 2. The van der Waals surface area contributed by atoms with Crippen molar-refractivity contribution in [2.24, 2.45) is 17.3 Å². The largest absolute Gasteiger partial charge is 0.459 e. The zero-order valence-electron chi connectivity index (χ0n) is 17.0. The van der Waals surface area contributed by atoms with Gasteiger partial charge in [0.15, 0.2) is 5.76 Å². The molecule has 6 nitrogen and oxygen atoms in total. The molecule has 0 aliphatic heterocycles. The lowest BCUT2D eigenvalue weighted by molar-refractivity contribution is -0.169. The number of aliphatic hydroxyl groups is 1. The maximum Gasteiger partial charge on any atom is 0.291 e. The molecule has 2 aromatic rings. The smallest absolute Gasteiger partial charge is 0.291 e. The Balaban J connectivity index is 1.14. The van der Waals surface area contributed by atoms with Crippen molar-refractivity contribution in [3.63, 3.8) is 0 Å². The molecule has 1 aromatic heterocycles. The highest BCUT2D eigenvalue weighted by Gasteiger charge is 2.57. The van der Waals surface area contributed by atoms with Gasteiger partial charge in [0.1, 0.15) is 0 Å². The molecule has 6 rings (SSSR count). The molecule has 4 aliphatic rings. The molecule has 6 heteroatoms. The molecule has 3 N–H and O–H groups in total. The lowest BCUT2D eigenvalue weighted by Crippen LogP contribution is -2.56. The lowest BCUT2D eigenvalue weighted by atomic mass is 9.47. The lowest BCUT2D eigenvalue weighted by Gasteiger charge is -2.60. The minimum absolute atomic E-state index is 0.0110. The molecule has 4 bridgehead atoms. The van der Waals surface area contributed by atoms with E-state index in [9.17, 15) is 14.7 Å². The van der Waals surface area contributed by atoms with E-state index in [0.29, 0.717) is 30.5 Å². The van der Waals surface area contributed by atoms with Crippen LogP contribution in [-0.4, -0.2) is 22.5 Å². The number of amides is 2. The Bertz CT molecular complexity index is 921. The molecule has 0 saturated heterocycles. The second-order valence-corrected chi connectivity index (χ2v) is 9.77. The van der Waals surface area contributed by atoms with Crippen LogP contribution in [0, 0.1) is 17.3 Å². The minimum atomic E-state index is -0.528. The normalized spacial score (nSPS) is 31.5. The van der Waals surface area contributed by atoms with E-state index in [4.69, 9.17) is 4.42 Å². The number of rotatable bonds is 6. The molecule has 0 unspecified atom stereocenters. The van der Waals surface area contributed by atoms with E-state index in [0.717, 1.165) is 37.7 Å². The van der Waals surface area contributed by atoms with Crippen molar-refractivity contribution in [1.82, 2.24) is 5.32 Å². The first-order chi connectivity index (χ1) is 14.4. The molecular weight excluding hydrogens is 380 g/mol. The van der Waals surface area contributed by atoms with Gasteiger partial charge in [-0.05, 0) is 85.6 Å². The van der Waals surface area contributed by atoms with Crippen LogP contribution in [0.25, 0.3) is 0 Å². The molecule has 4 fully saturated rings. The maximum atomic E-state index is 12.7. The fraction of sp³-hybridized carbons (Fsp3) is 0.500. The summed E-state index contributed by atoms with van der Waals surface area (Å²) in [6.07, 6.45) is 8.01. The molecule has 30 heavy (non-hydrogen) atoms. The average Bonchev–Trinajstić information content (AvgIpc) is 3.20. The van der Waals surface area contributed by atoms with Crippen molar-refractivity contribution >= 4 is 17.5 Å². The number of benzene rings is 1. The Kier molecular flexibility index (Phi) is 4.69. The second-order valence-electron chi connectivity index (χ2n) is 9.77. The number of nitrogens with one attached hydrogen (secondary N) is 2. The van der Waals surface area contributed by atoms with Gasteiger partial charge in [0.25, 0.3) is 5.91 Å². The fourth-order valence-corrected chi connectivity index (χ4v) is 6.52. The van der Waals surface area contributed by atoms with Gasteiger partial charge in [-0.3, -0.25) is 9.59 Å². The van der Waals surface area contributed by atoms with Gasteiger partial charge >= 0.3 is 0 Å². The van der Waals surface area contributed by atoms with Crippen molar-refractivity contribution in [3.8, 4) is 0 Å². The molecule has 158 valence electrons. The maximum absolute atomic E-state index is 12.7. The Morgan fingerprint density at radius 3 is 2.43 bits per heavy atom. The zero-order valence-corrected chi connectivity index (χ0v) is 17.0. The standard InChI is InChI=1S/C24H28N2O4/c27-21(13-23-9-17-8-18(10-23)12-24(29,11-17)15-23)25-14-16-3-5-19(6-4-16)26-22(28)20-2-1-7-30-20/h1-7,17-18,29H,8-15H2,(H,25,27)(H,26,28)/t17-,18-,23?,24?/m1/s1. The van der Waals surface area contributed by atoms with Gasteiger partial charge in [0, 0.05) is 18.7 Å². The van der Waals surface area contributed by atoms with Crippen molar-refractivity contribution in [2.75, 3.05) is 5.32 Å². The van der Waals surface area contributed by atoms with Gasteiger partial charge in [0.05, 0.1) is 11.9 Å². The average molecular weight is 408 g/mol. The first-order valence-corrected chi connectivity index (χ1v) is 10.8. The Morgan fingerprint density at radius 1 is 1.07 bits per heavy atom. The van der Waals surface area contributed by atoms with Crippen LogP contribution in [0.4, 0.5) is 5.69 Å². The summed E-state index contributed by atoms with van der Waals surface area (Å²) in [6, 6.07) is 10.7. The topological polar surface area (TPSA) is 91.6 Å². The van der Waals surface area contributed by atoms with Crippen LogP contribution in [-0.2, 0) is 11.3 Å². The summed E-state index contributed by atoms with van der Waals surface area (Å²) >= 11 is 0. The summed E-state index contributed by atoms with van der Waals surface area (Å²) < 4.78 is 5.09. The van der Waals surface area contributed by atoms with Crippen LogP contribution >= 0.6 is 0 Å². The molecule has 1 aromatic carbocycles. The van der Waals surface area contributed by atoms with E-state index < -0.39 is 5.60 Å². The van der Waals surface area contributed by atoms with Gasteiger partial charge in [-0.1, -0.05) is 12.1 Å². The van der Waals surface area contributed by atoms with E-state index >= 15 is 0 Å². The second kappa shape index (κ2) is 7.27. The van der Waals surface area contributed by atoms with E-state index in [2.05, 4.69) is 10.6 Å². The van der Waals surface area contributed by atoms with Gasteiger partial charge in [-0.2, -0.15) is 0 Å². The van der Waals surface area contributed by atoms with Gasteiger partial charge in [-0.15, -0.1) is 0 Å². The van der Waals surface area contributed by atoms with Crippen molar-refractivity contribution < 1.29 is 19.1 Å². The number of hydrogen-bond acceptors (Lipinski definition) is 4. The molecule has 4 aliphatic carbocycles. The Morgan fingerprint density at radius 2 is 1.80 bits per heavy atom. The molecule has 0 radical (unpaired) electrons. The summed E-state index contributed by atoms with van der Waals surface area (Å²) in [7, 11) is 0. The SMILES string of the molecule is O=C(CC12C[C@H]3C[C@@H](CC(O)(C3)C1)C2)NCc1ccc(NC(=O)c2ccco2)cc1. The predicted molar refractivity (Wildman–Crippen MR) is 112 cm³/mol. The highest BCUT2D eigenvalue weighted by atomic mass is 16.3. The Labute approximate surface area is 176 Å². The summed E-state index contributed by atoms with van der Waals surface area (Å²) in [5.41, 5.74) is 1.11. The van der Waals surface area contributed by atoms with Crippen molar-refractivity contribution in [2.45, 2.75) is 57.1 Å². The van der Waals surface area contributed by atoms with Gasteiger partial charge in [-0.25, -0.2) is 0 Å². The third kappa shape index (κ3) is 3.88. The van der Waals surface area contributed by atoms with Crippen molar-refractivity contribution in [1.29, 1.82) is 0 Å². The molecule has 2 amide bonds. The van der Waals surface area contributed by atoms with Crippen LogP contribution < -0.4 is 10.6 Å².